The quantitative estimate of drug-likeness (QED) is 0.654. The molecule has 0 aliphatic rings. The lowest BCUT2D eigenvalue weighted by Crippen LogP contribution is -2.16. The Hall–Kier alpha value is -3.28. The molecule has 130 valence electrons. The summed E-state index contributed by atoms with van der Waals surface area (Å²) in [7, 11) is -1.01. The zero-order valence-electron chi connectivity index (χ0n) is 13.2. The van der Waals surface area contributed by atoms with E-state index in [1.54, 1.807) is 0 Å². The molecule has 0 bridgehead atoms. The van der Waals surface area contributed by atoms with Crippen molar-refractivity contribution in [2.24, 2.45) is 0 Å². The fourth-order valence-corrected chi connectivity index (χ4v) is 2.82. The molecule has 0 saturated heterocycles. The number of nitrogens with zero attached hydrogens (tertiary/aromatic N) is 6. The molecule has 0 saturated carbocycles. The van der Waals surface area contributed by atoms with Crippen molar-refractivity contribution in [2.45, 2.75) is 4.90 Å². The summed E-state index contributed by atoms with van der Waals surface area (Å²) in [5.41, 5.74) is 0. The van der Waals surface area contributed by atoms with E-state index in [1.807, 2.05) is 0 Å². The van der Waals surface area contributed by atoms with Gasteiger partial charge in [0.05, 0.1) is 19.1 Å². The number of benzene rings is 1. The highest BCUT2D eigenvalue weighted by molar-refractivity contribution is 7.92. The van der Waals surface area contributed by atoms with Crippen molar-refractivity contribution in [1.82, 2.24) is 30.2 Å². The molecule has 12 heteroatoms. The van der Waals surface area contributed by atoms with Crippen molar-refractivity contribution in [3.05, 3.63) is 36.7 Å². The molecule has 1 aromatic carbocycles. The summed E-state index contributed by atoms with van der Waals surface area (Å²) >= 11 is 0. The summed E-state index contributed by atoms with van der Waals surface area (Å²) in [5, 5.41) is 10.7. The minimum absolute atomic E-state index is 0.0312. The van der Waals surface area contributed by atoms with E-state index in [4.69, 9.17) is 9.47 Å². The molecule has 0 aliphatic heterocycles. The lowest BCUT2D eigenvalue weighted by molar-refractivity contribution is 0.397. The number of hydrogen-bond acceptors (Lipinski definition) is 9. The highest BCUT2D eigenvalue weighted by Gasteiger charge is 2.17. The van der Waals surface area contributed by atoms with E-state index < -0.39 is 10.0 Å². The number of methoxy groups -OCH3 is 2. The number of nitrogens with one attached hydrogen (secondary N) is 1. The van der Waals surface area contributed by atoms with Gasteiger partial charge in [-0.2, -0.15) is 14.6 Å². The fourth-order valence-electron chi connectivity index (χ4n) is 1.88. The van der Waals surface area contributed by atoms with Crippen molar-refractivity contribution in [2.75, 3.05) is 18.9 Å². The Morgan fingerprint density at radius 3 is 2.44 bits per heavy atom. The summed E-state index contributed by atoms with van der Waals surface area (Å²) in [4.78, 5) is 8.09. The van der Waals surface area contributed by atoms with E-state index >= 15 is 0 Å². The van der Waals surface area contributed by atoms with Crippen LogP contribution < -0.4 is 14.2 Å². The van der Waals surface area contributed by atoms with E-state index in [2.05, 4.69) is 30.2 Å². The smallest absolute Gasteiger partial charge is 0.264 e. The number of hydrogen-bond donors (Lipinski definition) is 1. The highest BCUT2D eigenvalue weighted by atomic mass is 32.2. The van der Waals surface area contributed by atoms with E-state index in [0.717, 1.165) is 0 Å². The van der Waals surface area contributed by atoms with E-state index in [1.165, 1.54) is 55.6 Å². The van der Waals surface area contributed by atoms with Crippen LogP contribution in [-0.2, 0) is 10.0 Å². The van der Waals surface area contributed by atoms with Crippen LogP contribution in [0.2, 0.25) is 0 Å². The number of ether oxygens (including phenoxy) is 2. The molecule has 0 aliphatic carbocycles. The Morgan fingerprint density at radius 1 is 1.08 bits per heavy atom. The number of rotatable bonds is 6. The predicted octanol–water partition coefficient (Wildman–Crippen LogP) is 0.270. The van der Waals surface area contributed by atoms with Crippen LogP contribution in [0.1, 0.15) is 0 Å². The first kappa shape index (κ1) is 16.6. The van der Waals surface area contributed by atoms with E-state index in [9.17, 15) is 8.42 Å². The second-order valence-electron chi connectivity index (χ2n) is 4.63. The molecule has 1 N–H and O–H groups in total. The molecule has 0 atom stereocenters. The lowest BCUT2D eigenvalue weighted by atomic mass is 10.3. The van der Waals surface area contributed by atoms with Gasteiger partial charge in [0.2, 0.25) is 11.8 Å². The summed E-state index contributed by atoms with van der Waals surface area (Å²) in [6.07, 6.45) is 1.31. The fraction of sp³-hybridized carbons (Fsp3) is 0.154. The minimum atomic E-state index is -3.90. The van der Waals surface area contributed by atoms with Gasteiger partial charge in [-0.1, -0.05) is 0 Å². The molecule has 0 fully saturated rings. The monoisotopic (exact) mass is 363 g/mol. The molecule has 2 aromatic heterocycles. The first-order valence-corrected chi connectivity index (χ1v) is 8.33. The second-order valence-corrected chi connectivity index (χ2v) is 6.31. The van der Waals surface area contributed by atoms with Crippen molar-refractivity contribution in [3.8, 4) is 17.4 Å². The van der Waals surface area contributed by atoms with Crippen LogP contribution in [0.25, 0.3) is 5.82 Å². The zero-order valence-corrected chi connectivity index (χ0v) is 14.0. The molecule has 0 amide bonds. The summed E-state index contributed by atoms with van der Waals surface area (Å²) < 4.78 is 38.6. The largest absolute Gasteiger partial charge is 0.497 e. The molecule has 0 radical (unpaired) electrons. The molecular formula is C13H13N7O4S. The summed E-state index contributed by atoms with van der Waals surface area (Å²) in [6.45, 7) is 0. The standard InChI is InChI=1S/C13H13N7O4S/c1-23-9-3-5-10(6-4-9)25(21,22)17-13-15-11(7-12(16-13)24-2)20-8-14-18-19-20/h3-8H,1-2H3,(H,15,16,17). The van der Waals surface area contributed by atoms with Gasteiger partial charge in [-0.25, -0.2) is 13.1 Å². The van der Waals surface area contributed by atoms with Crippen molar-refractivity contribution in [1.29, 1.82) is 0 Å². The normalized spacial score (nSPS) is 11.1. The van der Waals surface area contributed by atoms with Crippen LogP contribution >= 0.6 is 0 Å². The van der Waals surface area contributed by atoms with Crippen LogP contribution in [0.5, 0.6) is 11.6 Å². The topological polar surface area (TPSA) is 134 Å². The average Bonchev–Trinajstić information content (AvgIpc) is 3.16. The van der Waals surface area contributed by atoms with Crippen molar-refractivity contribution >= 4 is 16.0 Å². The summed E-state index contributed by atoms with van der Waals surface area (Å²) in [6, 6.07) is 7.34. The molecule has 3 rings (SSSR count). The van der Waals surface area contributed by atoms with Crippen LogP contribution in [0.4, 0.5) is 5.95 Å². The minimum Gasteiger partial charge on any atom is -0.497 e. The van der Waals surface area contributed by atoms with Gasteiger partial charge in [0.1, 0.15) is 12.1 Å². The Morgan fingerprint density at radius 2 is 1.84 bits per heavy atom. The second kappa shape index (κ2) is 6.68. The van der Waals surface area contributed by atoms with E-state index in [0.29, 0.717) is 5.75 Å². The van der Waals surface area contributed by atoms with Gasteiger partial charge < -0.3 is 9.47 Å². The molecular weight excluding hydrogens is 350 g/mol. The summed E-state index contributed by atoms with van der Waals surface area (Å²) in [5.74, 6) is 0.746. The van der Waals surface area contributed by atoms with Crippen LogP contribution in [0.3, 0.4) is 0 Å². The predicted molar refractivity (Wildman–Crippen MR) is 85.1 cm³/mol. The molecule has 3 aromatic rings. The van der Waals surface area contributed by atoms with Crippen molar-refractivity contribution < 1.29 is 17.9 Å². The number of anilines is 1. The third kappa shape index (κ3) is 3.63. The number of tetrazole rings is 1. The average molecular weight is 363 g/mol. The van der Waals surface area contributed by atoms with Crippen LogP contribution in [0.15, 0.2) is 41.6 Å². The first-order valence-electron chi connectivity index (χ1n) is 6.85. The van der Waals surface area contributed by atoms with E-state index in [-0.39, 0.29) is 22.5 Å². The maximum Gasteiger partial charge on any atom is 0.264 e. The zero-order chi connectivity index (χ0) is 17.9. The molecule has 11 nitrogen and oxygen atoms in total. The molecule has 2 heterocycles. The van der Waals surface area contributed by atoms with Crippen LogP contribution in [0, 0.1) is 0 Å². The Kier molecular flexibility index (Phi) is 4.43. The van der Waals surface area contributed by atoms with Gasteiger partial charge in [-0.05, 0) is 34.7 Å². The van der Waals surface area contributed by atoms with Gasteiger partial charge in [0, 0.05) is 6.07 Å². The molecule has 0 unspecified atom stereocenters. The third-order valence-electron chi connectivity index (χ3n) is 3.08. The van der Waals surface area contributed by atoms with Gasteiger partial charge in [0.15, 0.2) is 5.82 Å². The van der Waals surface area contributed by atoms with Crippen LogP contribution in [-0.4, -0.2) is 52.8 Å². The molecule has 25 heavy (non-hydrogen) atoms. The highest BCUT2D eigenvalue weighted by Crippen LogP contribution is 2.20. The Balaban J connectivity index is 1.94. The molecule has 0 spiro atoms. The number of aromatic nitrogens is 6. The van der Waals surface area contributed by atoms with Gasteiger partial charge >= 0.3 is 0 Å². The maximum absolute atomic E-state index is 12.5. The van der Waals surface area contributed by atoms with Gasteiger partial charge in [-0.15, -0.1) is 5.10 Å². The lowest BCUT2D eigenvalue weighted by Gasteiger charge is -2.09. The SMILES string of the molecule is COc1ccc(S(=O)(=O)Nc2nc(OC)cc(-n3cnnn3)n2)cc1. The first-order chi connectivity index (χ1) is 12.0. The van der Waals surface area contributed by atoms with Gasteiger partial charge in [-0.3, -0.25) is 0 Å². The Labute approximate surface area is 142 Å². The maximum atomic E-state index is 12.5. The Bertz CT molecular complexity index is 959. The van der Waals surface area contributed by atoms with Crippen molar-refractivity contribution in [3.63, 3.8) is 0 Å². The number of sulfonamides is 1. The third-order valence-corrected chi connectivity index (χ3v) is 4.42. The van der Waals surface area contributed by atoms with Gasteiger partial charge in [0.25, 0.3) is 10.0 Å².